The van der Waals surface area contributed by atoms with Crippen LogP contribution in [-0.2, 0) is 19.9 Å². The molecule has 0 unspecified atom stereocenters. The molecule has 2 aromatic carbocycles. The van der Waals surface area contributed by atoms with Crippen molar-refractivity contribution in [3.05, 3.63) is 48.0 Å². The van der Waals surface area contributed by atoms with Crippen molar-refractivity contribution in [2.75, 3.05) is 32.8 Å². The number of urea groups is 1. The molecule has 0 radical (unpaired) electrons. The topological polar surface area (TPSA) is 79.0 Å². The fourth-order valence-electron chi connectivity index (χ4n) is 3.73. The normalized spacial score (nSPS) is 23.0. The summed E-state index contributed by atoms with van der Waals surface area (Å²) >= 11 is 0. The average molecular weight is 367 g/mol. The van der Waals surface area contributed by atoms with Crippen LogP contribution in [0.5, 0.6) is 0 Å². The third kappa shape index (κ3) is 2.94. The van der Waals surface area contributed by atoms with Crippen molar-refractivity contribution < 1.29 is 19.1 Å². The molecule has 7 heteroatoms. The van der Waals surface area contributed by atoms with Crippen molar-refractivity contribution in [1.82, 2.24) is 15.1 Å². The summed E-state index contributed by atoms with van der Waals surface area (Å²) in [5.74, 6) is -0.658. The van der Waals surface area contributed by atoms with E-state index in [0.717, 1.165) is 21.2 Å². The van der Waals surface area contributed by atoms with E-state index in [1.807, 2.05) is 42.5 Å². The molecule has 0 spiro atoms. The molecule has 27 heavy (non-hydrogen) atoms. The number of nitrogens with one attached hydrogen (secondary N) is 1. The fourth-order valence-corrected chi connectivity index (χ4v) is 3.73. The Morgan fingerprint density at radius 1 is 1.11 bits per heavy atom. The van der Waals surface area contributed by atoms with E-state index in [2.05, 4.69) is 5.32 Å². The molecule has 0 bridgehead atoms. The summed E-state index contributed by atoms with van der Waals surface area (Å²) in [4.78, 5) is 40.8. The molecule has 2 fully saturated rings. The highest BCUT2D eigenvalue weighted by molar-refractivity contribution is 6.10. The molecule has 4 amide bonds. The molecule has 0 aromatic heterocycles. The fraction of sp³-hybridized carbons (Fsp3) is 0.350. The van der Waals surface area contributed by atoms with Crippen LogP contribution in [-0.4, -0.2) is 60.5 Å². The van der Waals surface area contributed by atoms with Crippen molar-refractivity contribution in [2.24, 2.45) is 0 Å². The van der Waals surface area contributed by atoms with Gasteiger partial charge in [0.2, 0.25) is 5.91 Å². The Labute approximate surface area is 156 Å². The number of morpholine rings is 1. The van der Waals surface area contributed by atoms with Gasteiger partial charge >= 0.3 is 6.03 Å². The quantitative estimate of drug-likeness (QED) is 0.833. The number of nitrogens with zero attached hydrogens (tertiary/aromatic N) is 2. The first kappa shape index (κ1) is 17.5. The third-order valence-corrected chi connectivity index (χ3v) is 5.26. The van der Waals surface area contributed by atoms with Crippen LogP contribution in [0, 0.1) is 0 Å². The number of carbonyl (C=O) groups excluding carboxylic acids is 3. The molecule has 140 valence electrons. The molecule has 2 saturated heterocycles. The Hall–Kier alpha value is -2.93. The Morgan fingerprint density at radius 3 is 2.59 bits per heavy atom. The number of fused-ring (bicyclic) bond motifs is 1. The summed E-state index contributed by atoms with van der Waals surface area (Å²) < 4.78 is 5.24. The highest BCUT2D eigenvalue weighted by Crippen LogP contribution is 2.33. The van der Waals surface area contributed by atoms with Gasteiger partial charge in [0.25, 0.3) is 5.91 Å². The molecule has 2 aliphatic rings. The Bertz CT molecular complexity index is 917. The van der Waals surface area contributed by atoms with Gasteiger partial charge < -0.3 is 15.0 Å². The van der Waals surface area contributed by atoms with E-state index in [0.29, 0.717) is 26.3 Å². The number of carbonyl (C=O) groups is 3. The van der Waals surface area contributed by atoms with Gasteiger partial charge in [-0.3, -0.25) is 14.5 Å². The molecular weight excluding hydrogens is 346 g/mol. The summed E-state index contributed by atoms with van der Waals surface area (Å²) in [5.41, 5.74) is -0.483. The Balaban J connectivity index is 1.62. The summed E-state index contributed by atoms with van der Waals surface area (Å²) in [6, 6.07) is 12.8. The van der Waals surface area contributed by atoms with Gasteiger partial charge in [-0.15, -0.1) is 0 Å². The van der Waals surface area contributed by atoms with Crippen molar-refractivity contribution >= 4 is 28.6 Å². The van der Waals surface area contributed by atoms with E-state index >= 15 is 0 Å². The number of hydrogen-bond donors (Lipinski definition) is 1. The van der Waals surface area contributed by atoms with Gasteiger partial charge in [-0.25, -0.2) is 4.79 Å². The minimum atomic E-state index is -1.21. The first-order valence-corrected chi connectivity index (χ1v) is 8.98. The standard InChI is InChI=1S/C20H21N3O4/c1-20(16-8-4-6-14-5-2-3-7-15(14)16)18(25)23(19(26)21-20)13-17(24)22-9-11-27-12-10-22/h2-8H,9-13H2,1H3,(H,21,26)/t20-/m0/s1. The van der Waals surface area contributed by atoms with Gasteiger partial charge in [-0.1, -0.05) is 42.5 Å². The smallest absolute Gasteiger partial charge is 0.325 e. The van der Waals surface area contributed by atoms with Gasteiger partial charge in [-0.05, 0) is 23.3 Å². The van der Waals surface area contributed by atoms with E-state index in [4.69, 9.17) is 4.74 Å². The van der Waals surface area contributed by atoms with E-state index in [9.17, 15) is 14.4 Å². The zero-order chi connectivity index (χ0) is 19.0. The molecule has 1 atom stereocenters. The third-order valence-electron chi connectivity index (χ3n) is 5.26. The summed E-state index contributed by atoms with van der Waals surface area (Å²) in [7, 11) is 0. The largest absolute Gasteiger partial charge is 0.378 e. The first-order valence-electron chi connectivity index (χ1n) is 8.98. The van der Waals surface area contributed by atoms with Crippen LogP contribution in [0.2, 0.25) is 0 Å². The van der Waals surface area contributed by atoms with Crippen molar-refractivity contribution in [2.45, 2.75) is 12.5 Å². The number of ether oxygens (including phenoxy) is 1. The average Bonchev–Trinajstić information content (AvgIpc) is 2.92. The highest BCUT2D eigenvalue weighted by Gasteiger charge is 2.50. The van der Waals surface area contributed by atoms with Crippen LogP contribution >= 0.6 is 0 Å². The first-order chi connectivity index (χ1) is 13.0. The lowest BCUT2D eigenvalue weighted by Crippen LogP contribution is -2.47. The maximum Gasteiger partial charge on any atom is 0.325 e. The maximum absolute atomic E-state index is 13.1. The zero-order valence-electron chi connectivity index (χ0n) is 15.1. The lowest BCUT2D eigenvalue weighted by atomic mass is 9.88. The van der Waals surface area contributed by atoms with E-state index in [-0.39, 0.29) is 12.5 Å². The summed E-state index contributed by atoms with van der Waals surface area (Å²) in [5, 5.41) is 4.68. The second-order valence-corrected chi connectivity index (χ2v) is 6.97. The van der Waals surface area contributed by atoms with Crippen LogP contribution in [0.1, 0.15) is 12.5 Å². The molecule has 2 aliphatic heterocycles. The van der Waals surface area contributed by atoms with Gasteiger partial charge in [-0.2, -0.15) is 0 Å². The molecule has 2 heterocycles. The van der Waals surface area contributed by atoms with Gasteiger partial charge in [0.1, 0.15) is 12.1 Å². The number of rotatable bonds is 3. The van der Waals surface area contributed by atoms with Crippen molar-refractivity contribution in [1.29, 1.82) is 0 Å². The summed E-state index contributed by atoms with van der Waals surface area (Å²) in [6.45, 7) is 3.32. The van der Waals surface area contributed by atoms with Crippen LogP contribution in [0.3, 0.4) is 0 Å². The monoisotopic (exact) mass is 367 g/mol. The lowest BCUT2D eigenvalue weighted by Gasteiger charge is -2.28. The second-order valence-electron chi connectivity index (χ2n) is 6.97. The molecule has 7 nitrogen and oxygen atoms in total. The van der Waals surface area contributed by atoms with Gasteiger partial charge in [0, 0.05) is 13.1 Å². The predicted octanol–water partition coefficient (Wildman–Crippen LogP) is 1.47. The maximum atomic E-state index is 13.1. The number of imide groups is 1. The van der Waals surface area contributed by atoms with Gasteiger partial charge in [0.05, 0.1) is 13.2 Å². The van der Waals surface area contributed by atoms with E-state index in [1.165, 1.54) is 0 Å². The molecular formula is C20H21N3O4. The SMILES string of the molecule is C[C@@]1(c2cccc3ccccc23)NC(=O)N(CC(=O)N2CCOCC2)C1=O. The Morgan fingerprint density at radius 2 is 1.81 bits per heavy atom. The van der Waals surface area contributed by atoms with Crippen LogP contribution in [0.4, 0.5) is 4.79 Å². The van der Waals surface area contributed by atoms with Crippen molar-refractivity contribution in [3.63, 3.8) is 0 Å². The van der Waals surface area contributed by atoms with Crippen molar-refractivity contribution in [3.8, 4) is 0 Å². The van der Waals surface area contributed by atoms with E-state index in [1.54, 1.807) is 11.8 Å². The number of amides is 4. The Kier molecular flexibility index (Phi) is 4.31. The summed E-state index contributed by atoms with van der Waals surface area (Å²) in [6.07, 6.45) is 0. The molecule has 1 N–H and O–H groups in total. The molecule has 4 rings (SSSR count). The molecule has 0 saturated carbocycles. The van der Waals surface area contributed by atoms with E-state index < -0.39 is 17.5 Å². The number of hydrogen-bond acceptors (Lipinski definition) is 4. The van der Waals surface area contributed by atoms with Crippen LogP contribution in [0.15, 0.2) is 42.5 Å². The minimum absolute atomic E-state index is 0.246. The lowest BCUT2D eigenvalue weighted by molar-refractivity contribution is -0.141. The number of benzene rings is 2. The predicted molar refractivity (Wildman–Crippen MR) is 98.9 cm³/mol. The zero-order valence-corrected chi connectivity index (χ0v) is 15.1. The highest BCUT2D eigenvalue weighted by atomic mass is 16.5. The molecule has 0 aliphatic carbocycles. The van der Waals surface area contributed by atoms with Gasteiger partial charge in [0.15, 0.2) is 0 Å². The minimum Gasteiger partial charge on any atom is -0.378 e. The van der Waals surface area contributed by atoms with Crippen LogP contribution < -0.4 is 5.32 Å². The molecule has 2 aromatic rings. The van der Waals surface area contributed by atoms with Crippen LogP contribution in [0.25, 0.3) is 10.8 Å². The second kappa shape index (κ2) is 6.66.